The molecule has 1 aromatic heterocycles. The normalized spacial score (nSPS) is 26.1. The van der Waals surface area contributed by atoms with Crippen LogP contribution in [0.3, 0.4) is 0 Å². The van der Waals surface area contributed by atoms with Crippen LogP contribution in [0, 0.1) is 5.92 Å². The molecule has 0 radical (unpaired) electrons. The molecule has 0 spiro atoms. The van der Waals surface area contributed by atoms with E-state index in [9.17, 15) is 5.11 Å². The molecule has 1 aliphatic rings. The van der Waals surface area contributed by atoms with E-state index >= 15 is 0 Å². The second kappa shape index (κ2) is 5.10. The lowest BCUT2D eigenvalue weighted by Gasteiger charge is -2.33. The summed E-state index contributed by atoms with van der Waals surface area (Å²) in [6, 6.07) is 0. The number of aromatic nitrogens is 2. The summed E-state index contributed by atoms with van der Waals surface area (Å²) in [5, 5.41) is 10.7. The van der Waals surface area contributed by atoms with E-state index in [0.717, 1.165) is 43.3 Å². The van der Waals surface area contributed by atoms with Gasteiger partial charge < -0.3 is 10.0 Å². The fourth-order valence-electron chi connectivity index (χ4n) is 2.01. The highest BCUT2D eigenvalue weighted by Gasteiger charge is 2.25. The third kappa shape index (κ3) is 2.52. The number of rotatable bonds is 3. The van der Waals surface area contributed by atoms with Crippen LogP contribution in [-0.2, 0) is 6.42 Å². The molecule has 0 bridgehead atoms. The third-order valence-electron chi connectivity index (χ3n) is 3.06. The molecule has 4 nitrogen and oxygen atoms in total. The van der Waals surface area contributed by atoms with Gasteiger partial charge in [-0.1, -0.05) is 13.8 Å². The van der Waals surface area contributed by atoms with E-state index in [1.54, 1.807) is 0 Å². The molecule has 1 aromatic rings. The maximum absolute atomic E-state index is 9.67. The molecule has 5 heteroatoms. The van der Waals surface area contributed by atoms with Gasteiger partial charge in [0.05, 0.1) is 6.10 Å². The van der Waals surface area contributed by atoms with E-state index in [1.165, 1.54) is 11.5 Å². The molecule has 0 saturated carbocycles. The molecule has 2 atom stereocenters. The van der Waals surface area contributed by atoms with Crippen molar-refractivity contribution in [1.29, 1.82) is 0 Å². The highest BCUT2D eigenvalue weighted by Crippen LogP contribution is 2.24. The van der Waals surface area contributed by atoms with Gasteiger partial charge in [0.25, 0.3) is 0 Å². The van der Waals surface area contributed by atoms with Crippen molar-refractivity contribution >= 4 is 16.7 Å². The number of aliphatic hydroxyl groups excluding tert-OH is 1. The minimum Gasteiger partial charge on any atom is -0.393 e. The van der Waals surface area contributed by atoms with Crippen LogP contribution in [0.4, 0.5) is 5.13 Å². The Bertz CT molecular complexity index is 342. The van der Waals surface area contributed by atoms with E-state index in [2.05, 4.69) is 28.1 Å². The first kappa shape index (κ1) is 11.8. The Morgan fingerprint density at radius 3 is 3.06 bits per heavy atom. The van der Waals surface area contributed by atoms with Crippen LogP contribution in [0.25, 0.3) is 0 Å². The van der Waals surface area contributed by atoms with E-state index < -0.39 is 0 Å². The number of hydrogen-bond donors (Lipinski definition) is 1. The lowest BCUT2D eigenvalue weighted by molar-refractivity contribution is 0.0971. The van der Waals surface area contributed by atoms with E-state index in [-0.39, 0.29) is 6.10 Å². The van der Waals surface area contributed by atoms with Gasteiger partial charge in [-0.05, 0) is 18.8 Å². The molecule has 2 rings (SSSR count). The number of hydrogen-bond acceptors (Lipinski definition) is 5. The fraction of sp³-hybridized carbons (Fsp3) is 0.818. The zero-order chi connectivity index (χ0) is 11.5. The van der Waals surface area contributed by atoms with Crippen LogP contribution >= 0.6 is 11.5 Å². The molecule has 1 fully saturated rings. The van der Waals surface area contributed by atoms with Crippen molar-refractivity contribution in [2.24, 2.45) is 5.92 Å². The molecule has 2 heterocycles. The number of anilines is 1. The molecule has 0 amide bonds. The van der Waals surface area contributed by atoms with Crippen molar-refractivity contribution in [1.82, 2.24) is 9.36 Å². The van der Waals surface area contributed by atoms with Crippen LogP contribution in [0.2, 0.25) is 0 Å². The van der Waals surface area contributed by atoms with Crippen LogP contribution in [0.5, 0.6) is 0 Å². The highest BCUT2D eigenvalue weighted by molar-refractivity contribution is 7.09. The third-order valence-corrected chi connectivity index (χ3v) is 3.88. The number of aryl methyl sites for hydroxylation is 1. The van der Waals surface area contributed by atoms with Crippen LogP contribution < -0.4 is 4.90 Å². The Hall–Kier alpha value is -0.680. The molecule has 1 aliphatic heterocycles. The van der Waals surface area contributed by atoms with Gasteiger partial charge in [0.1, 0.15) is 5.82 Å². The lowest BCUT2D eigenvalue weighted by Crippen LogP contribution is -2.41. The van der Waals surface area contributed by atoms with Crippen molar-refractivity contribution in [3.63, 3.8) is 0 Å². The first-order valence-corrected chi connectivity index (χ1v) is 6.73. The molecular formula is C11H19N3OS. The fourth-order valence-corrected chi connectivity index (χ4v) is 2.75. The van der Waals surface area contributed by atoms with Gasteiger partial charge in [0.2, 0.25) is 5.13 Å². The molecule has 0 aromatic carbocycles. The smallest absolute Gasteiger partial charge is 0.205 e. The largest absolute Gasteiger partial charge is 0.393 e. The maximum atomic E-state index is 9.67. The van der Waals surface area contributed by atoms with Gasteiger partial charge in [-0.2, -0.15) is 4.37 Å². The Morgan fingerprint density at radius 1 is 1.56 bits per heavy atom. The van der Waals surface area contributed by atoms with Gasteiger partial charge in [0.15, 0.2) is 0 Å². The summed E-state index contributed by atoms with van der Waals surface area (Å²) in [4.78, 5) is 6.78. The predicted octanol–water partition coefficient (Wildman–Crippen LogP) is 1.70. The Morgan fingerprint density at radius 2 is 2.38 bits per heavy atom. The molecule has 1 N–H and O–H groups in total. The quantitative estimate of drug-likeness (QED) is 0.875. The number of nitrogens with zero attached hydrogens (tertiary/aromatic N) is 3. The summed E-state index contributed by atoms with van der Waals surface area (Å²) in [7, 11) is 0. The van der Waals surface area contributed by atoms with E-state index in [1.807, 2.05) is 0 Å². The van der Waals surface area contributed by atoms with Crippen LogP contribution in [-0.4, -0.2) is 33.7 Å². The number of aliphatic hydroxyl groups is 1. The van der Waals surface area contributed by atoms with Gasteiger partial charge >= 0.3 is 0 Å². The maximum Gasteiger partial charge on any atom is 0.205 e. The standard InChI is InChI=1S/C11H19N3OS/c1-3-4-10-12-11(16-13-10)14-6-5-9(15)8(2)7-14/h8-9,15H,3-7H2,1-2H3. The van der Waals surface area contributed by atoms with Crippen LogP contribution in [0.1, 0.15) is 32.5 Å². The van der Waals surface area contributed by atoms with Crippen LogP contribution in [0.15, 0.2) is 0 Å². The lowest BCUT2D eigenvalue weighted by atomic mass is 9.97. The average Bonchev–Trinajstić information content (AvgIpc) is 2.71. The zero-order valence-corrected chi connectivity index (χ0v) is 10.7. The monoisotopic (exact) mass is 241 g/mol. The van der Waals surface area contributed by atoms with E-state index in [0.29, 0.717) is 5.92 Å². The minimum absolute atomic E-state index is 0.153. The van der Waals surface area contributed by atoms with Gasteiger partial charge in [-0.15, -0.1) is 0 Å². The second-order valence-corrected chi connectivity index (χ2v) is 5.25. The summed E-state index contributed by atoms with van der Waals surface area (Å²) < 4.78 is 4.35. The molecule has 90 valence electrons. The topological polar surface area (TPSA) is 49.2 Å². The summed E-state index contributed by atoms with van der Waals surface area (Å²) in [6.07, 6.45) is 2.73. The SMILES string of the molecule is CCCc1nsc(N2CCC(O)C(C)C2)n1. The highest BCUT2D eigenvalue weighted by atomic mass is 32.1. The van der Waals surface area contributed by atoms with E-state index in [4.69, 9.17) is 0 Å². The van der Waals surface area contributed by atoms with Crippen molar-refractivity contribution in [2.45, 2.75) is 39.2 Å². The zero-order valence-electron chi connectivity index (χ0n) is 9.89. The molecular weight excluding hydrogens is 222 g/mol. The first-order chi connectivity index (χ1) is 7.70. The van der Waals surface area contributed by atoms with Crippen molar-refractivity contribution < 1.29 is 5.11 Å². The van der Waals surface area contributed by atoms with Crippen molar-refractivity contribution in [3.05, 3.63) is 5.82 Å². The summed E-state index contributed by atoms with van der Waals surface area (Å²) in [6.45, 7) is 6.01. The predicted molar refractivity (Wildman–Crippen MR) is 65.9 cm³/mol. The average molecular weight is 241 g/mol. The van der Waals surface area contributed by atoms with Gasteiger partial charge in [0, 0.05) is 31.0 Å². The molecule has 1 saturated heterocycles. The summed E-state index contributed by atoms with van der Waals surface area (Å²) in [5.74, 6) is 1.29. The Balaban J connectivity index is 2.01. The Labute approximate surface area is 100 Å². The first-order valence-electron chi connectivity index (χ1n) is 5.96. The number of piperidine rings is 1. The molecule has 0 aliphatic carbocycles. The Kier molecular flexibility index (Phi) is 3.76. The van der Waals surface area contributed by atoms with Gasteiger partial charge in [-0.25, -0.2) is 4.98 Å². The molecule has 2 unspecified atom stereocenters. The second-order valence-electron chi connectivity index (χ2n) is 4.52. The summed E-state index contributed by atoms with van der Waals surface area (Å²) >= 11 is 1.48. The van der Waals surface area contributed by atoms with Crippen molar-refractivity contribution in [3.8, 4) is 0 Å². The molecule has 16 heavy (non-hydrogen) atoms. The van der Waals surface area contributed by atoms with Gasteiger partial charge in [-0.3, -0.25) is 0 Å². The van der Waals surface area contributed by atoms with Crippen molar-refractivity contribution in [2.75, 3.05) is 18.0 Å². The minimum atomic E-state index is -0.153. The summed E-state index contributed by atoms with van der Waals surface area (Å²) in [5.41, 5.74) is 0.